The number of hydrogen-bond donors (Lipinski definition) is 1. The summed E-state index contributed by atoms with van der Waals surface area (Å²) in [7, 11) is 0. The van der Waals surface area contributed by atoms with Gasteiger partial charge in [0.05, 0.1) is 16.0 Å². The molecule has 1 saturated heterocycles. The van der Waals surface area contributed by atoms with Crippen molar-refractivity contribution in [3.63, 3.8) is 0 Å². The van der Waals surface area contributed by atoms with Gasteiger partial charge in [-0.1, -0.05) is 12.1 Å². The molecule has 1 atom stereocenters. The van der Waals surface area contributed by atoms with Crippen LogP contribution in [0.1, 0.15) is 49.3 Å². The van der Waals surface area contributed by atoms with E-state index in [0.717, 1.165) is 27.7 Å². The van der Waals surface area contributed by atoms with Crippen LogP contribution in [0.5, 0.6) is 0 Å². The van der Waals surface area contributed by atoms with Crippen molar-refractivity contribution >= 4 is 22.3 Å². The number of rotatable bonds is 5. The van der Waals surface area contributed by atoms with E-state index in [1.165, 1.54) is 12.1 Å². The number of nitro groups is 1. The Labute approximate surface area is 220 Å². The molecule has 0 amide bonds. The Hall–Kier alpha value is -4.12. The number of hydrogen-bond acceptors (Lipinski definition) is 8. The minimum absolute atomic E-state index is 0.0717. The summed E-state index contributed by atoms with van der Waals surface area (Å²) in [6.07, 6.45) is 0. The normalized spacial score (nSPS) is 15.7. The van der Waals surface area contributed by atoms with Crippen LogP contribution >= 0.6 is 0 Å². The second kappa shape index (κ2) is 9.64. The molecule has 0 saturated carbocycles. The summed E-state index contributed by atoms with van der Waals surface area (Å²) in [6.45, 7) is 12.8. The summed E-state index contributed by atoms with van der Waals surface area (Å²) in [5.74, 6) is 0.620. The second-order valence-corrected chi connectivity index (χ2v) is 10.8. The molecule has 11 heteroatoms. The highest BCUT2D eigenvalue weighted by Gasteiger charge is 2.35. The predicted octanol–water partition coefficient (Wildman–Crippen LogP) is 3.71. The molecule has 38 heavy (non-hydrogen) atoms. The zero-order valence-electron chi connectivity index (χ0n) is 22.3. The van der Waals surface area contributed by atoms with Gasteiger partial charge in [0.15, 0.2) is 5.82 Å². The van der Waals surface area contributed by atoms with Crippen LogP contribution < -0.4 is 10.5 Å². The summed E-state index contributed by atoms with van der Waals surface area (Å²) in [5, 5.41) is 24.7. The van der Waals surface area contributed by atoms with Crippen molar-refractivity contribution in [1.82, 2.24) is 30.1 Å². The van der Waals surface area contributed by atoms with Crippen LogP contribution in [0.2, 0.25) is 0 Å². The Bertz CT molecular complexity index is 1540. The molecule has 5 rings (SSSR count). The standard InChI is InChI=1S/C27H32N8O3/c1-17-6-7-19-16-22(26(36)28-23(19)18(17)2)24(25-29-30-31-34(25)27(3,4)5)33-14-12-32(13-15-33)20-8-10-21(11-9-20)35(37)38/h6-11,16,24H,12-15H2,1-5H3,(H,28,36)/t24-/m0/s1. The first-order chi connectivity index (χ1) is 18.0. The minimum atomic E-state index is -0.446. The molecular formula is C27H32N8O3. The fourth-order valence-corrected chi connectivity index (χ4v) is 5.11. The number of fused-ring (bicyclic) bond motifs is 1. The zero-order valence-corrected chi connectivity index (χ0v) is 22.3. The number of tetrazole rings is 1. The summed E-state index contributed by atoms with van der Waals surface area (Å²) in [6, 6.07) is 12.2. The van der Waals surface area contributed by atoms with Gasteiger partial charge in [-0.25, -0.2) is 4.68 Å². The molecule has 4 aromatic rings. The number of benzene rings is 2. The van der Waals surface area contributed by atoms with Crippen molar-refractivity contribution in [1.29, 1.82) is 0 Å². The number of nitrogens with zero attached hydrogens (tertiary/aromatic N) is 7. The van der Waals surface area contributed by atoms with Crippen molar-refractivity contribution in [3.8, 4) is 0 Å². The molecule has 0 bridgehead atoms. The van der Waals surface area contributed by atoms with E-state index in [-0.39, 0.29) is 16.8 Å². The van der Waals surface area contributed by atoms with Crippen molar-refractivity contribution in [3.05, 3.63) is 85.4 Å². The molecule has 0 radical (unpaired) electrons. The Morgan fingerprint density at radius 2 is 1.71 bits per heavy atom. The van der Waals surface area contributed by atoms with Crippen LogP contribution in [0.3, 0.4) is 0 Å². The van der Waals surface area contributed by atoms with Crippen molar-refractivity contribution in [2.75, 3.05) is 31.1 Å². The lowest BCUT2D eigenvalue weighted by Crippen LogP contribution is -2.49. The number of aromatic nitrogens is 5. The lowest BCUT2D eigenvalue weighted by atomic mass is 9.99. The number of pyridine rings is 1. The van der Waals surface area contributed by atoms with E-state index >= 15 is 0 Å². The van der Waals surface area contributed by atoms with E-state index in [9.17, 15) is 14.9 Å². The van der Waals surface area contributed by atoms with Crippen LogP contribution in [-0.4, -0.2) is 61.2 Å². The highest BCUT2D eigenvalue weighted by molar-refractivity contribution is 5.83. The molecule has 1 fully saturated rings. The van der Waals surface area contributed by atoms with E-state index < -0.39 is 11.0 Å². The van der Waals surface area contributed by atoms with Crippen LogP contribution in [0.25, 0.3) is 10.9 Å². The summed E-state index contributed by atoms with van der Waals surface area (Å²) in [4.78, 5) is 31.8. The van der Waals surface area contributed by atoms with Gasteiger partial charge in [0.2, 0.25) is 0 Å². The van der Waals surface area contributed by atoms with E-state index in [0.29, 0.717) is 37.6 Å². The highest BCUT2D eigenvalue weighted by Crippen LogP contribution is 2.31. The largest absolute Gasteiger partial charge is 0.369 e. The Kier molecular flexibility index (Phi) is 6.47. The van der Waals surface area contributed by atoms with Gasteiger partial charge in [0.1, 0.15) is 6.04 Å². The summed E-state index contributed by atoms with van der Waals surface area (Å²) >= 11 is 0. The van der Waals surface area contributed by atoms with Gasteiger partial charge in [-0.05, 0) is 79.8 Å². The number of aromatic amines is 1. The first kappa shape index (κ1) is 25.5. The van der Waals surface area contributed by atoms with Crippen molar-refractivity contribution in [2.24, 2.45) is 0 Å². The molecule has 11 nitrogen and oxygen atoms in total. The van der Waals surface area contributed by atoms with Gasteiger partial charge in [0, 0.05) is 49.6 Å². The number of aryl methyl sites for hydroxylation is 2. The summed E-state index contributed by atoms with van der Waals surface area (Å²) in [5.41, 5.74) is 4.09. The first-order valence-electron chi connectivity index (χ1n) is 12.7. The Morgan fingerprint density at radius 3 is 2.34 bits per heavy atom. The third-order valence-corrected chi connectivity index (χ3v) is 7.35. The van der Waals surface area contributed by atoms with Crippen LogP contribution in [-0.2, 0) is 5.54 Å². The van der Waals surface area contributed by atoms with Gasteiger partial charge < -0.3 is 9.88 Å². The quantitative estimate of drug-likeness (QED) is 0.314. The van der Waals surface area contributed by atoms with Crippen LogP contribution in [0, 0.1) is 24.0 Å². The molecule has 0 spiro atoms. The predicted molar refractivity (Wildman–Crippen MR) is 146 cm³/mol. The topological polar surface area (TPSA) is 126 Å². The monoisotopic (exact) mass is 516 g/mol. The average Bonchev–Trinajstić information content (AvgIpc) is 3.38. The molecule has 1 aliphatic rings. The number of nitro benzene ring substituents is 1. The lowest BCUT2D eigenvalue weighted by molar-refractivity contribution is -0.384. The SMILES string of the molecule is Cc1ccc2cc([C@@H](c3nnnn3C(C)(C)C)N3CCN(c4ccc([N+](=O)[O-])cc4)CC3)c(=O)[nH]c2c1C. The van der Waals surface area contributed by atoms with Crippen molar-refractivity contribution < 1.29 is 4.92 Å². The highest BCUT2D eigenvalue weighted by atomic mass is 16.6. The van der Waals surface area contributed by atoms with Gasteiger partial charge in [-0.3, -0.25) is 19.8 Å². The lowest BCUT2D eigenvalue weighted by Gasteiger charge is -2.40. The molecule has 2 aromatic heterocycles. The van der Waals surface area contributed by atoms with Crippen molar-refractivity contribution in [2.45, 2.75) is 46.2 Å². The van der Waals surface area contributed by atoms with Crippen LogP contribution in [0.4, 0.5) is 11.4 Å². The fourth-order valence-electron chi connectivity index (χ4n) is 5.11. The minimum Gasteiger partial charge on any atom is -0.369 e. The zero-order chi connectivity index (χ0) is 27.2. The van der Waals surface area contributed by atoms with E-state index in [1.807, 2.05) is 46.8 Å². The molecule has 0 aliphatic carbocycles. The van der Waals surface area contributed by atoms with Gasteiger partial charge in [-0.15, -0.1) is 5.10 Å². The Morgan fingerprint density at radius 1 is 1.03 bits per heavy atom. The molecule has 1 N–H and O–H groups in total. The fraction of sp³-hybridized carbons (Fsp3) is 0.407. The average molecular weight is 517 g/mol. The summed E-state index contributed by atoms with van der Waals surface area (Å²) < 4.78 is 1.80. The molecule has 0 unspecified atom stereocenters. The van der Waals surface area contributed by atoms with Crippen LogP contribution in [0.15, 0.2) is 47.3 Å². The van der Waals surface area contributed by atoms with Gasteiger partial charge in [-0.2, -0.15) is 0 Å². The second-order valence-electron chi connectivity index (χ2n) is 10.8. The number of anilines is 1. The van der Waals surface area contributed by atoms with E-state index in [1.54, 1.807) is 16.8 Å². The first-order valence-corrected chi connectivity index (χ1v) is 12.7. The number of non-ortho nitro benzene ring substituents is 1. The smallest absolute Gasteiger partial charge is 0.269 e. The molecular weight excluding hydrogens is 484 g/mol. The van der Waals surface area contributed by atoms with Gasteiger partial charge in [0.25, 0.3) is 11.2 Å². The van der Waals surface area contributed by atoms with E-state index in [2.05, 4.69) is 36.4 Å². The third-order valence-electron chi connectivity index (χ3n) is 7.35. The Balaban J connectivity index is 1.53. The number of piperazine rings is 1. The maximum atomic E-state index is 13.6. The van der Waals surface area contributed by atoms with Gasteiger partial charge >= 0.3 is 0 Å². The molecule has 198 valence electrons. The van der Waals surface area contributed by atoms with E-state index in [4.69, 9.17) is 0 Å². The number of nitrogens with one attached hydrogen (secondary N) is 1. The molecule has 2 aromatic carbocycles. The third kappa shape index (κ3) is 4.65. The number of H-pyrrole nitrogens is 1. The maximum absolute atomic E-state index is 13.6. The molecule has 1 aliphatic heterocycles. The molecule has 3 heterocycles. The maximum Gasteiger partial charge on any atom is 0.269 e.